The summed E-state index contributed by atoms with van der Waals surface area (Å²) in [5.41, 5.74) is 11.1. The maximum absolute atomic E-state index is 6.10. The number of furan rings is 1. The van der Waals surface area contributed by atoms with E-state index in [1.165, 1.54) is 38.6 Å². The lowest BCUT2D eigenvalue weighted by Gasteiger charge is -2.11. The molecule has 7 aromatic carbocycles. The SMILES string of the molecule is c1cc(Nc2ccc3c(c2)oc2ccccc23)cc(-c2cccc(-c3cccc(-c4cccc5ccccc45)c3)c2)c1. The molecule has 0 spiro atoms. The molecule has 2 nitrogen and oxygen atoms in total. The summed E-state index contributed by atoms with van der Waals surface area (Å²) in [7, 11) is 0. The number of hydrogen-bond donors (Lipinski definition) is 1. The van der Waals surface area contributed by atoms with E-state index in [1.807, 2.05) is 18.2 Å². The second-order valence-electron chi connectivity index (χ2n) is 10.7. The van der Waals surface area contributed by atoms with Crippen LogP contribution < -0.4 is 5.32 Å². The van der Waals surface area contributed by atoms with E-state index in [9.17, 15) is 0 Å². The zero-order valence-corrected chi connectivity index (χ0v) is 22.9. The lowest BCUT2D eigenvalue weighted by Crippen LogP contribution is -1.90. The van der Waals surface area contributed by atoms with Crippen LogP contribution in [0.25, 0.3) is 66.1 Å². The average molecular weight is 538 g/mol. The zero-order chi connectivity index (χ0) is 27.9. The van der Waals surface area contributed by atoms with Crippen LogP contribution in [0.5, 0.6) is 0 Å². The zero-order valence-electron chi connectivity index (χ0n) is 22.9. The smallest absolute Gasteiger partial charge is 0.137 e. The van der Waals surface area contributed by atoms with E-state index >= 15 is 0 Å². The molecule has 0 unspecified atom stereocenters. The number of rotatable bonds is 5. The van der Waals surface area contributed by atoms with E-state index in [0.717, 1.165) is 38.9 Å². The highest BCUT2D eigenvalue weighted by atomic mass is 16.3. The minimum atomic E-state index is 0.885. The van der Waals surface area contributed by atoms with E-state index in [1.54, 1.807) is 0 Å². The molecule has 0 fully saturated rings. The van der Waals surface area contributed by atoms with Crippen molar-refractivity contribution in [3.05, 3.63) is 158 Å². The Morgan fingerprint density at radius 1 is 0.357 bits per heavy atom. The summed E-state index contributed by atoms with van der Waals surface area (Å²) in [5.74, 6) is 0. The Bertz CT molecular complexity index is 2230. The monoisotopic (exact) mass is 537 g/mol. The third-order valence-electron chi connectivity index (χ3n) is 8.02. The van der Waals surface area contributed by atoms with Crippen molar-refractivity contribution in [2.24, 2.45) is 0 Å². The first-order chi connectivity index (χ1) is 20.8. The Kier molecular flexibility index (Phi) is 5.82. The Labute approximate surface area is 244 Å². The number of anilines is 2. The largest absolute Gasteiger partial charge is 0.456 e. The van der Waals surface area contributed by atoms with Gasteiger partial charge in [0.05, 0.1) is 0 Å². The van der Waals surface area contributed by atoms with Gasteiger partial charge in [-0.05, 0) is 86.6 Å². The number of para-hydroxylation sites is 1. The van der Waals surface area contributed by atoms with Gasteiger partial charge >= 0.3 is 0 Å². The van der Waals surface area contributed by atoms with Gasteiger partial charge in [-0.2, -0.15) is 0 Å². The van der Waals surface area contributed by atoms with Gasteiger partial charge in [0.25, 0.3) is 0 Å². The maximum Gasteiger partial charge on any atom is 0.137 e. The topological polar surface area (TPSA) is 25.2 Å². The molecule has 2 heteroatoms. The fourth-order valence-electron chi connectivity index (χ4n) is 5.97. The molecule has 8 aromatic rings. The first-order valence-corrected chi connectivity index (χ1v) is 14.3. The molecule has 0 bridgehead atoms. The molecule has 0 aliphatic rings. The highest BCUT2D eigenvalue weighted by Gasteiger charge is 2.09. The van der Waals surface area contributed by atoms with Crippen LogP contribution in [0.15, 0.2) is 162 Å². The number of nitrogens with one attached hydrogen (secondary N) is 1. The molecule has 1 heterocycles. The third-order valence-corrected chi connectivity index (χ3v) is 8.02. The van der Waals surface area contributed by atoms with E-state index in [2.05, 4.69) is 145 Å². The van der Waals surface area contributed by atoms with Gasteiger partial charge in [0.1, 0.15) is 11.2 Å². The van der Waals surface area contributed by atoms with Crippen molar-refractivity contribution in [1.82, 2.24) is 0 Å². The minimum Gasteiger partial charge on any atom is -0.456 e. The predicted octanol–water partition coefficient (Wildman–Crippen LogP) is 11.5. The van der Waals surface area contributed by atoms with Gasteiger partial charge in [-0.25, -0.2) is 0 Å². The van der Waals surface area contributed by atoms with E-state index < -0.39 is 0 Å². The molecule has 1 aromatic heterocycles. The van der Waals surface area contributed by atoms with Crippen molar-refractivity contribution in [1.29, 1.82) is 0 Å². The van der Waals surface area contributed by atoms with E-state index in [4.69, 9.17) is 4.42 Å². The van der Waals surface area contributed by atoms with Crippen molar-refractivity contribution in [3.63, 3.8) is 0 Å². The van der Waals surface area contributed by atoms with Crippen LogP contribution in [0.4, 0.5) is 11.4 Å². The standard InChI is InChI=1S/C40H27NO/c1-2-17-35-27(9-1)10-8-19-36(35)32-15-6-13-30(24-32)28-11-5-12-29(23-28)31-14-7-16-33(25-31)41-34-21-22-38-37-18-3-4-20-39(37)42-40(38)26-34/h1-26,41H. The van der Waals surface area contributed by atoms with Crippen molar-refractivity contribution in [2.75, 3.05) is 5.32 Å². The molecule has 0 amide bonds. The van der Waals surface area contributed by atoms with Gasteiger partial charge in [-0.15, -0.1) is 0 Å². The van der Waals surface area contributed by atoms with Crippen molar-refractivity contribution in [3.8, 4) is 33.4 Å². The fourth-order valence-corrected chi connectivity index (χ4v) is 5.97. The van der Waals surface area contributed by atoms with Crippen LogP contribution in [0.1, 0.15) is 0 Å². The third kappa shape index (κ3) is 4.40. The van der Waals surface area contributed by atoms with Gasteiger partial charge in [-0.3, -0.25) is 0 Å². The Hall–Kier alpha value is -5.60. The lowest BCUT2D eigenvalue weighted by molar-refractivity contribution is 0.669. The molecule has 0 saturated heterocycles. The molecule has 0 aliphatic heterocycles. The van der Waals surface area contributed by atoms with Crippen molar-refractivity contribution in [2.45, 2.75) is 0 Å². The summed E-state index contributed by atoms with van der Waals surface area (Å²) < 4.78 is 6.10. The van der Waals surface area contributed by atoms with Gasteiger partial charge in [0, 0.05) is 28.2 Å². The Morgan fingerprint density at radius 2 is 0.929 bits per heavy atom. The Morgan fingerprint density at radius 3 is 1.76 bits per heavy atom. The first kappa shape index (κ1) is 24.2. The molecule has 42 heavy (non-hydrogen) atoms. The molecule has 8 rings (SSSR count). The van der Waals surface area contributed by atoms with Crippen molar-refractivity contribution >= 4 is 44.1 Å². The van der Waals surface area contributed by atoms with E-state index in [-0.39, 0.29) is 0 Å². The van der Waals surface area contributed by atoms with Gasteiger partial charge in [0.15, 0.2) is 0 Å². The average Bonchev–Trinajstić information content (AvgIpc) is 3.42. The minimum absolute atomic E-state index is 0.885. The molecule has 0 saturated carbocycles. The summed E-state index contributed by atoms with van der Waals surface area (Å²) in [5, 5.41) is 8.38. The highest BCUT2D eigenvalue weighted by molar-refractivity contribution is 6.05. The second-order valence-corrected chi connectivity index (χ2v) is 10.7. The Balaban J connectivity index is 1.10. The molecule has 198 valence electrons. The van der Waals surface area contributed by atoms with Crippen LogP contribution in [0.2, 0.25) is 0 Å². The summed E-state index contributed by atoms with van der Waals surface area (Å²) in [6.45, 7) is 0. The van der Waals surface area contributed by atoms with Crippen LogP contribution in [0, 0.1) is 0 Å². The quantitative estimate of drug-likeness (QED) is 0.236. The number of hydrogen-bond acceptors (Lipinski definition) is 2. The van der Waals surface area contributed by atoms with E-state index in [0.29, 0.717) is 0 Å². The van der Waals surface area contributed by atoms with Crippen molar-refractivity contribution < 1.29 is 4.42 Å². The summed E-state index contributed by atoms with van der Waals surface area (Å²) >= 11 is 0. The summed E-state index contributed by atoms with van der Waals surface area (Å²) in [6, 6.07) is 55.8. The second kappa shape index (κ2) is 10.1. The van der Waals surface area contributed by atoms with Gasteiger partial charge in [-0.1, -0.05) is 109 Å². The summed E-state index contributed by atoms with van der Waals surface area (Å²) in [6.07, 6.45) is 0. The predicted molar refractivity (Wildman–Crippen MR) is 177 cm³/mol. The van der Waals surface area contributed by atoms with Crippen LogP contribution in [0.3, 0.4) is 0 Å². The van der Waals surface area contributed by atoms with Crippen LogP contribution in [-0.4, -0.2) is 0 Å². The van der Waals surface area contributed by atoms with Crippen LogP contribution in [-0.2, 0) is 0 Å². The number of benzene rings is 7. The normalized spacial score (nSPS) is 11.3. The lowest BCUT2D eigenvalue weighted by atomic mass is 9.94. The molecule has 0 atom stereocenters. The molecule has 1 N–H and O–H groups in total. The molecular weight excluding hydrogens is 510 g/mol. The highest BCUT2D eigenvalue weighted by Crippen LogP contribution is 2.35. The molecule has 0 aliphatic carbocycles. The van der Waals surface area contributed by atoms with Gasteiger partial charge < -0.3 is 9.73 Å². The first-order valence-electron chi connectivity index (χ1n) is 14.3. The fraction of sp³-hybridized carbons (Fsp3) is 0. The molecular formula is C40H27NO. The van der Waals surface area contributed by atoms with Crippen LogP contribution >= 0.6 is 0 Å². The summed E-state index contributed by atoms with van der Waals surface area (Å²) in [4.78, 5) is 0. The van der Waals surface area contributed by atoms with Gasteiger partial charge in [0.2, 0.25) is 0 Å². The molecule has 0 radical (unpaired) electrons. The number of fused-ring (bicyclic) bond motifs is 4. The maximum atomic E-state index is 6.10.